The molecule has 1 aliphatic carbocycles. The van der Waals surface area contributed by atoms with Gasteiger partial charge in [-0.1, -0.05) is 6.07 Å². The number of nitrogens with one attached hydrogen (secondary N) is 3. The molecule has 1 amide bonds. The molecule has 1 saturated carbocycles. The molecule has 0 aliphatic heterocycles. The fourth-order valence-corrected chi connectivity index (χ4v) is 2.94. The van der Waals surface area contributed by atoms with Crippen LogP contribution < -0.4 is 20.7 Å². The molecule has 0 saturated heterocycles. The van der Waals surface area contributed by atoms with Gasteiger partial charge in [-0.2, -0.15) is 0 Å². The molecule has 1 aliphatic rings. The molecule has 0 spiro atoms. The fourth-order valence-electron chi connectivity index (χ4n) is 2.94. The normalized spacial score (nSPS) is 14.6. The summed E-state index contributed by atoms with van der Waals surface area (Å²) in [5, 5.41) is 9.25. The summed E-state index contributed by atoms with van der Waals surface area (Å²) in [6.45, 7) is 5.96. The van der Waals surface area contributed by atoms with Gasteiger partial charge in [0.05, 0.1) is 24.8 Å². The maximum Gasteiger partial charge on any atom is 0.252 e. The zero-order valence-corrected chi connectivity index (χ0v) is 18.0. The maximum atomic E-state index is 14.4. The van der Waals surface area contributed by atoms with Crippen LogP contribution in [0.1, 0.15) is 48.7 Å². The van der Waals surface area contributed by atoms with Gasteiger partial charge < -0.3 is 20.7 Å². The molecular formula is C23H30FN5O2. The highest BCUT2D eigenvalue weighted by molar-refractivity contribution is 5.93. The second kappa shape index (κ2) is 11.3. The van der Waals surface area contributed by atoms with Crippen LogP contribution in [0.2, 0.25) is 0 Å². The SMILES string of the molecule is CCNC(=NCCNC(=O)c1cccnc1)NC(C)c1ccc(OCC2CC2)c(F)c1. The number of guanidine groups is 1. The summed E-state index contributed by atoms with van der Waals surface area (Å²) >= 11 is 0. The van der Waals surface area contributed by atoms with Crippen molar-refractivity contribution < 1.29 is 13.9 Å². The lowest BCUT2D eigenvalue weighted by Crippen LogP contribution is -2.39. The third-order valence-electron chi connectivity index (χ3n) is 4.92. The second-order valence-corrected chi connectivity index (χ2v) is 7.57. The van der Waals surface area contributed by atoms with E-state index in [1.807, 2.05) is 19.9 Å². The Labute approximate surface area is 182 Å². The van der Waals surface area contributed by atoms with E-state index in [1.165, 1.54) is 25.1 Å². The first kappa shape index (κ1) is 22.5. The molecule has 8 heteroatoms. The van der Waals surface area contributed by atoms with Crippen LogP contribution in [0.25, 0.3) is 0 Å². The molecule has 1 aromatic heterocycles. The predicted octanol–water partition coefficient (Wildman–Crippen LogP) is 3.06. The molecule has 1 heterocycles. The number of pyridine rings is 1. The largest absolute Gasteiger partial charge is 0.490 e. The van der Waals surface area contributed by atoms with E-state index in [0.717, 1.165) is 5.56 Å². The van der Waals surface area contributed by atoms with Gasteiger partial charge in [-0.25, -0.2) is 4.39 Å². The number of carbonyl (C=O) groups is 1. The lowest BCUT2D eigenvalue weighted by atomic mass is 10.1. The number of aromatic nitrogens is 1. The fraction of sp³-hybridized carbons (Fsp3) is 0.435. The topological polar surface area (TPSA) is 87.6 Å². The minimum Gasteiger partial charge on any atom is -0.490 e. The zero-order valence-electron chi connectivity index (χ0n) is 18.0. The summed E-state index contributed by atoms with van der Waals surface area (Å²) in [6, 6.07) is 8.31. The molecule has 31 heavy (non-hydrogen) atoms. The van der Waals surface area contributed by atoms with Gasteiger partial charge >= 0.3 is 0 Å². The highest BCUT2D eigenvalue weighted by atomic mass is 19.1. The summed E-state index contributed by atoms with van der Waals surface area (Å²) in [6.07, 6.45) is 5.48. The molecule has 2 aromatic rings. The van der Waals surface area contributed by atoms with Crippen LogP contribution in [-0.4, -0.2) is 43.1 Å². The molecule has 1 aromatic carbocycles. The predicted molar refractivity (Wildman–Crippen MR) is 119 cm³/mol. The highest BCUT2D eigenvalue weighted by Crippen LogP contribution is 2.30. The van der Waals surface area contributed by atoms with E-state index in [2.05, 4.69) is 25.9 Å². The summed E-state index contributed by atoms with van der Waals surface area (Å²) in [7, 11) is 0. The van der Waals surface area contributed by atoms with E-state index in [1.54, 1.807) is 24.4 Å². The van der Waals surface area contributed by atoms with Crippen molar-refractivity contribution in [2.45, 2.75) is 32.7 Å². The number of carbonyl (C=O) groups excluding carboxylic acids is 1. The third kappa shape index (κ3) is 7.24. The van der Waals surface area contributed by atoms with Crippen LogP contribution in [0.15, 0.2) is 47.7 Å². The van der Waals surface area contributed by atoms with Crippen molar-refractivity contribution in [1.29, 1.82) is 0 Å². The number of hydrogen-bond donors (Lipinski definition) is 3. The number of amides is 1. The van der Waals surface area contributed by atoms with Gasteiger partial charge in [0.1, 0.15) is 0 Å². The van der Waals surface area contributed by atoms with E-state index in [9.17, 15) is 9.18 Å². The van der Waals surface area contributed by atoms with Crippen molar-refractivity contribution in [3.63, 3.8) is 0 Å². The van der Waals surface area contributed by atoms with Crippen LogP contribution in [-0.2, 0) is 0 Å². The van der Waals surface area contributed by atoms with E-state index < -0.39 is 0 Å². The highest BCUT2D eigenvalue weighted by Gasteiger charge is 2.22. The number of rotatable bonds is 10. The smallest absolute Gasteiger partial charge is 0.252 e. The monoisotopic (exact) mass is 427 g/mol. The zero-order chi connectivity index (χ0) is 22.1. The van der Waals surface area contributed by atoms with Crippen LogP contribution in [0.3, 0.4) is 0 Å². The first-order valence-corrected chi connectivity index (χ1v) is 10.7. The van der Waals surface area contributed by atoms with Crippen molar-refractivity contribution >= 4 is 11.9 Å². The Morgan fingerprint density at radius 3 is 2.84 bits per heavy atom. The molecule has 3 N–H and O–H groups in total. The molecule has 166 valence electrons. The Morgan fingerprint density at radius 1 is 1.32 bits per heavy atom. The Balaban J connectivity index is 1.50. The Hall–Kier alpha value is -3.16. The Morgan fingerprint density at radius 2 is 2.16 bits per heavy atom. The summed E-state index contributed by atoms with van der Waals surface area (Å²) in [4.78, 5) is 20.5. The molecule has 7 nitrogen and oxygen atoms in total. The Kier molecular flexibility index (Phi) is 8.20. The van der Waals surface area contributed by atoms with Gasteiger partial charge in [-0.3, -0.25) is 14.8 Å². The lowest BCUT2D eigenvalue weighted by Gasteiger charge is -2.19. The third-order valence-corrected chi connectivity index (χ3v) is 4.92. The summed E-state index contributed by atoms with van der Waals surface area (Å²) < 4.78 is 19.9. The van der Waals surface area contributed by atoms with Gasteiger partial charge in [-0.15, -0.1) is 0 Å². The van der Waals surface area contributed by atoms with E-state index in [0.29, 0.717) is 49.4 Å². The maximum absolute atomic E-state index is 14.4. The molecule has 1 atom stereocenters. The number of nitrogens with zero attached hydrogens (tertiary/aromatic N) is 2. The van der Waals surface area contributed by atoms with Crippen LogP contribution in [0.4, 0.5) is 4.39 Å². The van der Waals surface area contributed by atoms with Gasteiger partial charge in [0.15, 0.2) is 17.5 Å². The summed E-state index contributed by atoms with van der Waals surface area (Å²) in [5.41, 5.74) is 1.31. The molecule has 1 fully saturated rings. The lowest BCUT2D eigenvalue weighted by molar-refractivity contribution is 0.0954. The quantitative estimate of drug-likeness (QED) is 0.308. The van der Waals surface area contributed by atoms with Crippen LogP contribution >= 0.6 is 0 Å². The van der Waals surface area contributed by atoms with Crippen LogP contribution in [0.5, 0.6) is 5.75 Å². The van der Waals surface area contributed by atoms with Gasteiger partial charge in [0.2, 0.25) is 0 Å². The number of halogens is 1. The first-order valence-electron chi connectivity index (χ1n) is 10.7. The van der Waals surface area contributed by atoms with Crippen molar-refractivity contribution in [1.82, 2.24) is 20.9 Å². The van der Waals surface area contributed by atoms with E-state index >= 15 is 0 Å². The van der Waals surface area contributed by atoms with Crippen molar-refractivity contribution in [2.24, 2.45) is 10.9 Å². The van der Waals surface area contributed by atoms with Gasteiger partial charge in [-0.05, 0) is 62.4 Å². The second-order valence-electron chi connectivity index (χ2n) is 7.57. The molecule has 3 rings (SSSR count). The van der Waals surface area contributed by atoms with Crippen molar-refractivity contribution in [3.8, 4) is 5.75 Å². The number of aliphatic imine (C=N–C) groups is 1. The number of benzene rings is 1. The average molecular weight is 428 g/mol. The standard InChI is InChI=1S/C23H30FN5O2/c1-3-26-23(28-12-11-27-22(30)19-5-4-10-25-14-19)29-16(2)18-8-9-21(20(24)13-18)31-15-17-6-7-17/h4-5,8-10,13-14,16-17H,3,6-7,11-12,15H2,1-2H3,(H,27,30)(H2,26,28,29). The van der Waals surface area contributed by atoms with Crippen molar-refractivity contribution in [3.05, 3.63) is 59.7 Å². The van der Waals surface area contributed by atoms with Crippen LogP contribution in [0, 0.1) is 11.7 Å². The molecule has 0 radical (unpaired) electrons. The Bertz CT molecular complexity index is 887. The minimum absolute atomic E-state index is 0.158. The molecule has 0 bridgehead atoms. The number of ether oxygens (including phenoxy) is 1. The molecule has 1 unspecified atom stereocenters. The summed E-state index contributed by atoms with van der Waals surface area (Å²) in [5.74, 6) is 0.932. The van der Waals surface area contributed by atoms with Gasteiger partial charge in [0, 0.05) is 25.5 Å². The average Bonchev–Trinajstić information content (AvgIpc) is 3.61. The minimum atomic E-state index is -0.355. The number of hydrogen-bond acceptors (Lipinski definition) is 4. The van der Waals surface area contributed by atoms with E-state index in [4.69, 9.17) is 4.74 Å². The van der Waals surface area contributed by atoms with Gasteiger partial charge in [0.25, 0.3) is 5.91 Å². The van der Waals surface area contributed by atoms with E-state index in [-0.39, 0.29) is 17.8 Å². The first-order chi connectivity index (χ1) is 15.1. The molecular weight excluding hydrogens is 397 g/mol. The van der Waals surface area contributed by atoms with Crippen molar-refractivity contribution in [2.75, 3.05) is 26.2 Å².